The Hall–Kier alpha value is -1.06. The monoisotopic (exact) mass is 1020 g/mol. The molecule has 0 N–H and O–H groups in total. The summed E-state index contributed by atoms with van der Waals surface area (Å²) in [5.41, 5.74) is 0. The number of ether oxygens (including phenoxy) is 2. The first-order valence-electron chi connectivity index (χ1n) is 33.8. The fourth-order valence-corrected chi connectivity index (χ4v) is 10.3. The Balaban J connectivity index is 0. The molecule has 0 heterocycles. The van der Waals surface area contributed by atoms with E-state index in [1.54, 1.807) is 0 Å². The van der Waals surface area contributed by atoms with Crippen LogP contribution in [-0.4, -0.2) is 25.2 Å². The van der Waals surface area contributed by atoms with Gasteiger partial charge in [-0.2, -0.15) is 0 Å². The molecule has 0 saturated heterocycles. The quantitative estimate of drug-likeness (QED) is 0.0450. The third-order valence-electron chi connectivity index (χ3n) is 15.4. The van der Waals surface area contributed by atoms with Gasteiger partial charge in [-0.3, -0.25) is 9.59 Å². The van der Waals surface area contributed by atoms with Gasteiger partial charge in [0.15, 0.2) is 0 Å². The van der Waals surface area contributed by atoms with Crippen molar-refractivity contribution in [3.8, 4) is 0 Å². The second-order valence-electron chi connectivity index (χ2n) is 23.5. The lowest BCUT2D eigenvalue weighted by Gasteiger charge is -2.06. The zero-order chi connectivity index (χ0) is 52.6. The van der Waals surface area contributed by atoms with Gasteiger partial charge in [0.2, 0.25) is 0 Å². The summed E-state index contributed by atoms with van der Waals surface area (Å²) in [5, 5.41) is 0. The zero-order valence-electron chi connectivity index (χ0n) is 50.6. The van der Waals surface area contributed by atoms with Crippen molar-refractivity contribution in [3.63, 3.8) is 0 Å². The number of esters is 2. The van der Waals surface area contributed by atoms with Crippen LogP contribution in [0.5, 0.6) is 0 Å². The number of unbranched alkanes of at least 4 members (excludes halogenated alkanes) is 51. The maximum absolute atomic E-state index is 11.9. The summed E-state index contributed by atoms with van der Waals surface area (Å²) in [6, 6.07) is 0. The van der Waals surface area contributed by atoms with E-state index in [4.69, 9.17) is 9.47 Å². The van der Waals surface area contributed by atoms with E-state index in [2.05, 4.69) is 34.6 Å². The molecule has 0 aliphatic heterocycles. The standard InChI is InChI=1S/C36H72O2.C32H64O2/c1-3-5-7-9-11-13-15-17-18-19-20-21-22-23-24-26-28-30-32-34-36(37)38-35-33-31-29-27-25-16-14-12-10-8-6-4-2;1-4-5-6-7-8-9-10-15-18-21-24-27-30-34-32(33)29-26-23-20-17-14-12-11-13-16-19-22-25-28-31(2)3/h3-35H2,1-2H3;31H,4-30H2,1-3H3. The number of hydrogen-bond donors (Lipinski definition) is 0. The van der Waals surface area contributed by atoms with Crippen molar-refractivity contribution in [2.24, 2.45) is 5.92 Å². The Morgan fingerprint density at radius 1 is 0.236 bits per heavy atom. The van der Waals surface area contributed by atoms with Gasteiger partial charge in [-0.1, -0.05) is 369 Å². The van der Waals surface area contributed by atoms with Crippen LogP contribution < -0.4 is 0 Å². The van der Waals surface area contributed by atoms with Gasteiger partial charge in [0.05, 0.1) is 13.2 Å². The molecule has 0 aromatic rings. The van der Waals surface area contributed by atoms with E-state index in [-0.39, 0.29) is 11.9 Å². The summed E-state index contributed by atoms with van der Waals surface area (Å²) in [4.78, 5) is 23.8. The highest BCUT2D eigenvalue weighted by Gasteiger charge is 2.05. The molecule has 72 heavy (non-hydrogen) atoms. The van der Waals surface area contributed by atoms with E-state index >= 15 is 0 Å². The number of carbonyl (C=O) groups is 2. The second kappa shape index (κ2) is 68.0. The van der Waals surface area contributed by atoms with Crippen LogP contribution in [0.4, 0.5) is 0 Å². The number of hydrogen-bond acceptors (Lipinski definition) is 4. The smallest absolute Gasteiger partial charge is 0.305 e. The molecule has 0 fully saturated rings. The van der Waals surface area contributed by atoms with Gasteiger partial charge >= 0.3 is 11.9 Å². The molecule has 0 aromatic heterocycles. The highest BCUT2D eigenvalue weighted by atomic mass is 16.5. The summed E-state index contributed by atoms with van der Waals surface area (Å²) >= 11 is 0. The van der Waals surface area contributed by atoms with Crippen LogP contribution in [0.15, 0.2) is 0 Å². The van der Waals surface area contributed by atoms with Crippen molar-refractivity contribution in [2.75, 3.05) is 13.2 Å². The average Bonchev–Trinajstić information content (AvgIpc) is 3.37. The average molecular weight is 1020 g/mol. The largest absolute Gasteiger partial charge is 0.466 e. The minimum atomic E-state index is 0.0245. The summed E-state index contributed by atoms with van der Waals surface area (Å²) in [5.74, 6) is 0.922. The lowest BCUT2D eigenvalue weighted by atomic mass is 10.0. The normalized spacial score (nSPS) is 11.4. The molecule has 0 bridgehead atoms. The van der Waals surface area contributed by atoms with Crippen LogP contribution in [0.3, 0.4) is 0 Å². The Morgan fingerprint density at radius 3 is 0.597 bits per heavy atom. The third-order valence-corrected chi connectivity index (χ3v) is 15.4. The molecule has 0 atom stereocenters. The molecule has 0 amide bonds. The third kappa shape index (κ3) is 71.0. The Bertz CT molecular complexity index is 977. The zero-order valence-corrected chi connectivity index (χ0v) is 50.6. The van der Waals surface area contributed by atoms with Crippen LogP contribution in [0.2, 0.25) is 0 Å². The van der Waals surface area contributed by atoms with E-state index in [9.17, 15) is 9.59 Å². The van der Waals surface area contributed by atoms with Crippen molar-refractivity contribution in [3.05, 3.63) is 0 Å². The first-order valence-corrected chi connectivity index (χ1v) is 33.8. The lowest BCUT2D eigenvalue weighted by Crippen LogP contribution is -2.05. The molecule has 0 spiro atoms. The fraction of sp³-hybridized carbons (Fsp3) is 0.971. The summed E-state index contributed by atoms with van der Waals surface area (Å²) < 4.78 is 10.8. The van der Waals surface area contributed by atoms with Crippen molar-refractivity contribution in [1.29, 1.82) is 0 Å². The predicted molar refractivity (Wildman–Crippen MR) is 322 cm³/mol. The van der Waals surface area contributed by atoms with Gasteiger partial charge in [0.25, 0.3) is 0 Å². The van der Waals surface area contributed by atoms with E-state index in [0.29, 0.717) is 26.1 Å². The first kappa shape index (κ1) is 73.0. The Labute approximate surface area is 455 Å². The molecule has 432 valence electrons. The number of rotatable bonds is 61. The van der Waals surface area contributed by atoms with Gasteiger partial charge in [-0.25, -0.2) is 0 Å². The first-order chi connectivity index (χ1) is 35.5. The molecule has 0 aliphatic rings. The van der Waals surface area contributed by atoms with Gasteiger partial charge in [0.1, 0.15) is 0 Å². The molecule has 0 unspecified atom stereocenters. The van der Waals surface area contributed by atoms with Crippen molar-refractivity contribution in [1.82, 2.24) is 0 Å². The van der Waals surface area contributed by atoms with Gasteiger partial charge in [-0.15, -0.1) is 0 Å². The van der Waals surface area contributed by atoms with E-state index in [1.165, 1.54) is 334 Å². The highest BCUT2D eigenvalue weighted by Crippen LogP contribution is 2.18. The van der Waals surface area contributed by atoms with Crippen molar-refractivity contribution < 1.29 is 19.1 Å². The molecule has 0 radical (unpaired) electrons. The molecule has 0 aliphatic carbocycles. The van der Waals surface area contributed by atoms with Gasteiger partial charge in [0, 0.05) is 12.8 Å². The van der Waals surface area contributed by atoms with E-state index in [1.807, 2.05) is 0 Å². The predicted octanol–water partition coefficient (Wildman–Crippen LogP) is 24.4. The van der Waals surface area contributed by atoms with Gasteiger partial charge < -0.3 is 9.47 Å². The Kier molecular flexibility index (Phi) is 68.9. The molecule has 4 heteroatoms. The van der Waals surface area contributed by atoms with Gasteiger partial charge in [-0.05, 0) is 31.6 Å². The van der Waals surface area contributed by atoms with Crippen molar-refractivity contribution in [2.45, 2.75) is 407 Å². The Morgan fingerprint density at radius 2 is 0.403 bits per heavy atom. The number of carbonyl (C=O) groups excluding carboxylic acids is 2. The maximum Gasteiger partial charge on any atom is 0.305 e. The second-order valence-corrected chi connectivity index (χ2v) is 23.5. The van der Waals surface area contributed by atoms with Crippen molar-refractivity contribution >= 4 is 11.9 Å². The van der Waals surface area contributed by atoms with E-state index in [0.717, 1.165) is 31.6 Å². The minimum absolute atomic E-state index is 0.0245. The topological polar surface area (TPSA) is 52.6 Å². The van der Waals surface area contributed by atoms with E-state index < -0.39 is 0 Å². The minimum Gasteiger partial charge on any atom is -0.466 e. The lowest BCUT2D eigenvalue weighted by molar-refractivity contribution is -0.144. The SMILES string of the molecule is CCCCCCCCCCCCCCCCCCCCCC(=O)OCCCCCCCCCCCCCC.CCCCCCCCCCCCCCOC(=O)CCCCCCCCCCCCCCC(C)C. The summed E-state index contributed by atoms with van der Waals surface area (Å²) in [6.07, 6.45) is 77.4. The molecule has 0 aromatic carbocycles. The van der Waals surface area contributed by atoms with Crippen LogP contribution in [0.1, 0.15) is 407 Å². The summed E-state index contributed by atoms with van der Waals surface area (Å²) in [7, 11) is 0. The van der Waals surface area contributed by atoms with Crippen LogP contribution in [0, 0.1) is 5.92 Å². The molecule has 4 nitrogen and oxygen atoms in total. The fourth-order valence-electron chi connectivity index (χ4n) is 10.3. The molecule has 0 saturated carbocycles. The summed E-state index contributed by atoms with van der Waals surface area (Å²) in [6.45, 7) is 12.8. The molecular weight excluding hydrogens is 881 g/mol. The van der Waals surface area contributed by atoms with Crippen LogP contribution in [0.25, 0.3) is 0 Å². The molecular formula is C68H136O4. The molecule has 0 rings (SSSR count). The van der Waals surface area contributed by atoms with Crippen LogP contribution in [-0.2, 0) is 19.1 Å². The highest BCUT2D eigenvalue weighted by molar-refractivity contribution is 5.69. The maximum atomic E-state index is 11.9. The van der Waals surface area contributed by atoms with Crippen LogP contribution >= 0.6 is 0 Å².